The number of hydrogen-bond donors (Lipinski definition) is 2. The first-order valence-corrected chi connectivity index (χ1v) is 5.88. The molecule has 1 rings (SSSR count). The van der Waals surface area contributed by atoms with Gasteiger partial charge in [0.15, 0.2) is 0 Å². The molecular formula is C13H19N3O2. The fourth-order valence-corrected chi connectivity index (χ4v) is 1.39. The highest BCUT2D eigenvalue weighted by atomic mass is 16.2. The number of para-hydroxylation sites is 1. The Morgan fingerprint density at radius 3 is 2.39 bits per heavy atom. The minimum absolute atomic E-state index is 0.499. The van der Waals surface area contributed by atoms with E-state index < -0.39 is 11.8 Å². The smallest absolute Gasteiger partial charge is 0.313 e. The highest BCUT2D eigenvalue weighted by molar-refractivity contribution is 6.39. The van der Waals surface area contributed by atoms with E-state index in [1.807, 2.05) is 25.1 Å². The predicted molar refractivity (Wildman–Crippen MR) is 71.3 cm³/mol. The van der Waals surface area contributed by atoms with E-state index in [9.17, 15) is 9.59 Å². The monoisotopic (exact) mass is 249 g/mol. The SMILES string of the molecule is CN(C)CCCNC(=O)C(=O)Nc1ccccc1. The van der Waals surface area contributed by atoms with Gasteiger partial charge < -0.3 is 15.5 Å². The second-order valence-corrected chi connectivity index (χ2v) is 4.23. The molecule has 0 radical (unpaired) electrons. The molecule has 0 aromatic heterocycles. The van der Waals surface area contributed by atoms with E-state index in [2.05, 4.69) is 10.6 Å². The standard InChI is InChI=1S/C13H19N3O2/c1-16(2)10-6-9-14-12(17)13(18)15-11-7-4-3-5-8-11/h3-5,7-8H,6,9-10H2,1-2H3,(H,14,17)(H,15,18). The minimum Gasteiger partial charge on any atom is -0.348 e. The maximum atomic E-state index is 11.5. The summed E-state index contributed by atoms with van der Waals surface area (Å²) in [4.78, 5) is 25.0. The summed E-state index contributed by atoms with van der Waals surface area (Å²) in [6.07, 6.45) is 0.817. The molecule has 0 saturated heterocycles. The van der Waals surface area contributed by atoms with Crippen LogP contribution in [0.2, 0.25) is 0 Å². The first-order valence-electron chi connectivity index (χ1n) is 5.88. The van der Waals surface area contributed by atoms with Crippen LogP contribution in [-0.2, 0) is 9.59 Å². The molecule has 0 aliphatic heterocycles. The first kappa shape index (κ1) is 14.2. The molecule has 0 heterocycles. The number of nitrogens with one attached hydrogen (secondary N) is 2. The van der Waals surface area contributed by atoms with Crippen LogP contribution in [0.4, 0.5) is 5.69 Å². The topological polar surface area (TPSA) is 61.4 Å². The van der Waals surface area contributed by atoms with Gasteiger partial charge >= 0.3 is 11.8 Å². The van der Waals surface area contributed by atoms with Crippen LogP contribution in [0.3, 0.4) is 0 Å². The molecule has 2 amide bonds. The van der Waals surface area contributed by atoms with Crippen LogP contribution < -0.4 is 10.6 Å². The Bertz CT molecular complexity index is 390. The van der Waals surface area contributed by atoms with Crippen LogP contribution >= 0.6 is 0 Å². The summed E-state index contributed by atoms with van der Waals surface area (Å²) < 4.78 is 0. The average molecular weight is 249 g/mol. The maximum absolute atomic E-state index is 11.5. The molecule has 0 fully saturated rings. The lowest BCUT2D eigenvalue weighted by Crippen LogP contribution is -2.36. The lowest BCUT2D eigenvalue weighted by Gasteiger charge is -2.09. The number of anilines is 1. The Balaban J connectivity index is 2.27. The van der Waals surface area contributed by atoms with Crippen molar-refractivity contribution in [1.82, 2.24) is 10.2 Å². The average Bonchev–Trinajstić information content (AvgIpc) is 2.35. The zero-order valence-electron chi connectivity index (χ0n) is 10.8. The van der Waals surface area contributed by atoms with Gasteiger partial charge in [0.1, 0.15) is 0 Å². The highest BCUT2D eigenvalue weighted by Crippen LogP contribution is 2.04. The van der Waals surface area contributed by atoms with Crippen molar-refractivity contribution in [3.05, 3.63) is 30.3 Å². The number of rotatable bonds is 5. The quantitative estimate of drug-likeness (QED) is 0.596. The van der Waals surface area contributed by atoms with E-state index in [4.69, 9.17) is 0 Å². The van der Waals surface area contributed by atoms with Gasteiger partial charge in [-0.05, 0) is 39.2 Å². The largest absolute Gasteiger partial charge is 0.348 e. The molecule has 0 spiro atoms. The minimum atomic E-state index is -0.633. The Morgan fingerprint density at radius 1 is 1.11 bits per heavy atom. The van der Waals surface area contributed by atoms with Crippen molar-refractivity contribution in [3.63, 3.8) is 0 Å². The van der Waals surface area contributed by atoms with E-state index in [0.717, 1.165) is 13.0 Å². The summed E-state index contributed by atoms with van der Waals surface area (Å²) in [7, 11) is 3.92. The summed E-state index contributed by atoms with van der Waals surface area (Å²) in [5, 5.41) is 5.11. The van der Waals surface area contributed by atoms with Crippen molar-refractivity contribution >= 4 is 17.5 Å². The van der Waals surface area contributed by atoms with Gasteiger partial charge in [-0.2, -0.15) is 0 Å². The molecule has 0 bridgehead atoms. The van der Waals surface area contributed by atoms with Gasteiger partial charge in [-0.1, -0.05) is 18.2 Å². The lowest BCUT2D eigenvalue weighted by molar-refractivity contribution is -0.136. The predicted octanol–water partition coefficient (Wildman–Crippen LogP) is 0.693. The molecule has 0 unspecified atom stereocenters. The van der Waals surface area contributed by atoms with E-state index in [-0.39, 0.29) is 0 Å². The van der Waals surface area contributed by atoms with Crippen molar-refractivity contribution in [1.29, 1.82) is 0 Å². The van der Waals surface area contributed by atoms with Crippen LogP contribution in [0.25, 0.3) is 0 Å². The molecule has 0 aliphatic carbocycles. The molecule has 0 aliphatic rings. The molecule has 1 aromatic carbocycles. The highest BCUT2D eigenvalue weighted by Gasteiger charge is 2.12. The van der Waals surface area contributed by atoms with E-state index in [0.29, 0.717) is 12.2 Å². The van der Waals surface area contributed by atoms with Crippen LogP contribution in [0.1, 0.15) is 6.42 Å². The molecular weight excluding hydrogens is 230 g/mol. The van der Waals surface area contributed by atoms with Gasteiger partial charge in [-0.15, -0.1) is 0 Å². The van der Waals surface area contributed by atoms with Crippen LogP contribution in [-0.4, -0.2) is 43.9 Å². The van der Waals surface area contributed by atoms with Crippen molar-refractivity contribution < 1.29 is 9.59 Å². The Hall–Kier alpha value is -1.88. The third-order valence-electron chi connectivity index (χ3n) is 2.31. The van der Waals surface area contributed by atoms with Crippen molar-refractivity contribution in [3.8, 4) is 0 Å². The Morgan fingerprint density at radius 2 is 1.78 bits per heavy atom. The number of amides is 2. The zero-order chi connectivity index (χ0) is 13.4. The third kappa shape index (κ3) is 5.45. The molecule has 1 aromatic rings. The summed E-state index contributed by atoms with van der Waals surface area (Å²) >= 11 is 0. The van der Waals surface area contributed by atoms with E-state index in [1.165, 1.54) is 0 Å². The molecule has 0 saturated carbocycles. The van der Waals surface area contributed by atoms with E-state index in [1.54, 1.807) is 24.3 Å². The second kappa shape index (κ2) is 7.45. The van der Waals surface area contributed by atoms with Crippen molar-refractivity contribution in [2.75, 3.05) is 32.5 Å². The first-order chi connectivity index (χ1) is 8.59. The Labute approximate surface area is 107 Å². The van der Waals surface area contributed by atoms with Gasteiger partial charge in [0.05, 0.1) is 0 Å². The Kier molecular flexibility index (Phi) is 5.87. The van der Waals surface area contributed by atoms with E-state index >= 15 is 0 Å². The third-order valence-corrected chi connectivity index (χ3v) is 2.31. The molecule has 5 heteroatoms. The van der Waals surface area contributed by atoms with Crippen molar-refractivity contribution in [2.45, 2.75) is 6.42 Å². The number of carbonyl (C=O) groups is 2. The lowest BCUT2D eigenvalue weighted by atomic mass is 10.3. The fourth-order valence-electron chi connectivity index (χ4n) is 1.39. The van der Waals surface area contributed by atoms with Crippen LogP contribution in [0, 0.1) is 0 Å². The van der Waals surface area contributed by atoms with Crippen LogP contribution in [0.15, 0.2) is 30.3 Å². The summed E-state index contributed by atoms with van der Waals surface area (Å²) in [6, 6.07) is 8.90. The molecule has 5 nitrogen and oxygen atoms in total. The van der Waals surface area contributed by atoms with Gasteiger partial charge in [0, 0.05) is 12.2 Å². The molecule has 18 heavy (non-hydrogen) atoms. The number of carbonyl (C=O) groups excluding carboxylic acids is 2. The summed E-state index contributed by atoms with van der Waals surface area (Å²) in [5.41, 5.74) is 0.617. The van der Waals surface area contributed by atoms with Crippen molar-refractivity contribution in [2.24, 2.45) is 0 Å². The molecule has 98 valence electrons. The van der Waals surface area contributed by atoms with Gasteiger partial charge in [0.25, 0.3) is 0 Å². The van der Waals surface area contributed by atoms with Gasteiger partial charge in [0.2, 0.25) is 0 Å². The zero-order valence-corrected chi connectivity index (χ0v) is 10.8. The summed E-state index contributed by atoms with van der Waals surface area (Å²) in [5.74, 6) is -1.23. The number of nitrogens with zero attached hydrogens (tertiary/aromatic N) is 1. The summed E-state index contributed by atoms with van der Waals surface area (Å²) in [6.45, 7) is 1.37. The molecule has 2 N–H and O–H groups in total. The number of benzene rings is 1. The maximum Gasteiger partial charge on any atom is 0.313 e. The molecule has 0 atom stereocenters. The fraction of sp³-hybridized carbons (Fsp3) is 0.385. The normalized spacial score (nSPS) is 10.2. The number of hydrogen-bond acceptors (Lipinski definition) is 3. The second-order valence-electron chi connectivity index (χ2n) is 4.23. The van der Waals surface area contributed by atoms with Gasteiger partial charge in [-0.3, -0.25) is 9.59 Å². The van der Waals surface area contributed by atoms with Gasteiger partial charge in [-0.25, -0.2) is 0 Å². The van der Waals surface area contributed by atoms with Crippen LogP contribution in [0.5, 0.6) is 0 Å².